The van der Waals surface area contributed by atoms with Crippen LogP contribution >= 0.6 is 0 Å². The molecule has 0 atom stereocenters. The number of nitrogens with two attached hydrogens (primary N) is 1. The van der Waals surface area contributed by atoms with Gasteiger partial charge >= 0.3 is 0 Å². The van der Waals surface area contributed by atoms with Gasteiger partial charge in [0.05, 0.1) is 11.9 Å². The Kier molecular flexibility index (Phi) is 3.78. The fourth-order valence-corrected chi connectivity index (χ4v) is 2.11. The maximum atomic E-state index is 5.79. The Labute approximate surface area is 123 Å². The number of nitrogens with one attached hydrogen (secondary N) is 1. The van der Waals surface area contributed by atoms with Gasteiger partial charge in [0.2, 0.25) is 0 Å². The van der Waals surface area contributed by atoms with Crippen LogP contribution in [0.3, 0.4) is 0 Å². The number of hydrogen-bond donors (Lipinski definition) is 2. The molecule has 0 aliphatic carbocycles. The molecule has 1 radical (unpaired) electrons. The zero-order chi connectivity index (χ0) is 14.5. The van der Waals surface area contributed by atoms with Gasteiger partial charge in [-0.05, 0) is 41.0 Å². The summed E-state index contributed by atoms with van der Waals surface area (Å²) >= 11 is 0. The lowest BCUT2D eigenvalue weighted by Crippen LogP contribution is -2.03. The Morgan fingerprint density at radius 1 is 1.10 bits per heavy atom. The van der Waals surface area contributed by atoms with E-state index in [0.29, 0.717) is 12.4 Å². The van der Waals surface area contributed by atoms with Gasteiger partial charge in [0, 0.05) is 18.9 Å². The Morgan fingerprint density at radius 3 is 2.81 bits per heavy atom. The van der Waals surface area contributed by atoms with Gasteiger partial charge in [-0.25, -0.2) is 4.98 Å². The summed E-state index contributed by atoms with van der Waals surface area (Å²) in [5.41, 5.74) is 10.0. The Bertz CT molecular complexity index is 726. The van der Waals surface area contributed by atoms with Gasteiger partial charge in [-0.2, -0.15) is 0 Å². The first-order chi connectivity index (χ1) is 10.3. The van der Waals surface area contributed by atoms with Crippen molar-refractivity contribution in [3.63, 3.8) is 0 Å². The molecule has 2 heterocycles. The Hall–Kier alpha value is -2.88. The molecule has 3 N–H and O–H groups in total. The largest absolute Gasteiger partial charge is 0.382 e. The number of aromatic nitrogens is 2. The predicted octanol–water partition coefficient (Wildman–Crippen LogP) is 3.14. The van der Waals surface area contributed by atoms with Crippen LogP contribution in [0.15, 0.2) is 60.9 Å². The van der Waals surface area contributed by atoms with Gasteiger partial charge < -0.3 is 11.1 Å². The number of benzene rings is 1. The van der Waals surface area contributed by atoms with E-state index in [0.717, 1.165) is 16.8 Å². The fraction of sp³-hybridized carbons (Fsp3) is 0.0588. The second-order valence-electron chi connectivity index (χ2n) is 4.67. The van der Waals surface area contributed by atoms with E-state index in [1.807, 2.05) is 24.4 Å². The summed E-state index contributed by atoms with van der Waals surface area (Å²) < 4.78 is 0. The van der Waals surface area contributed by atoms with Crippen LogP contribution < -0.4 is 11.1 Å². The number of nitrogens with zero attached hydrogens (tertiary/aromatic N) is 2. The van der Waals surface area contributed by atoms with Crippen LogP contribution in [0.5, 0.6) is 0 Å². The molecule has 0 saturated heterocycles. The third kappa shape index (κ3) is 3.17. The van der Waals surface area contributed by atoms with Crippen molar-refractivity contribution in [2.75, 3.05) is 11.1 Å². The lowest BCUT2D eigenvalue weighted by Gasteiger charge is -2.09. The molecule has 0 saturated carbocycles. The molecule has 4 heteroatoms. The minimum Gasteiger partial charge on any atom is -0.382 e. The van der Waals surface area contributed by atoms with Crippen LogP contribution in [0.4, 0.5) is 11.5 Å². The smallest absolute Gasteiger partial charge is 0.147 e. The molecule has 0 aliphatic rings. The van der Waals surface area contributed by atoms with E-state index in [-0.39, 0.29) is 0 Å². The molecule has 103 valence electrons. The van der Waals surface area contributed by atoms with E-state index in [2.05, 4.69) is 45.7 Å². The molecule has 3 rings (SSSR count). The predicted molar refractivity (Wildman–Crippen MR) is 84.5 cm³/mol. The average Bonchev–Trinajstić information content (AvgIpc) is 2.55. The molecule has 0 aliphatic heterocycles. The van der Waals surface area contributed by atoms with Crippen molar-refractivity contribution in [1.82, 2.24) is 9.97 Å². The highest BCUT2D eigenvalue weighted by molar-refractivity contribution is 5.64. The summed E-state index contributed by atoms with van der Waals surface area (Å²) in [5, 5.41) is 3.28. The minimum atomic E-state index is 0.459. The maximum Gasteiger partial charge on any atom is 0.147 e. The number of nitrogen functional groups attached to an aromatic ring is 1. The fourth-order valence-electron chi connectivity index (χ4n) is 2.11. The highest BCUT2D eigenvalue weighted by Crippen LogP contribution is 2.20. The molecule has 2 aromatic heterocycles. The van der Waals surface area contributed by atoms with Gasteiger partial charge in [0.15, 0.2) is 0 Å². The normalized spacial score (nSPS) is 10.3. The standard InChI is InChI=1S/C17H15N4/c18-17-16(7-3-9-20-17)21-11-13-4-1-5-14(10-13)15-6-2-8-19-12-15/h1-8,10,12,21H,11H2,(H2,18,20). The molecule has 1 aromatic carbocycles. The van der Waals surface area contributed by atoms with Crippen molar-refractivity contribution in [3.05, 3.63) is 72.7 Å². The topological polar surface area (TPSA) is 63.8 Å². The molecule has 3 aromatic rings. The summed E-state index contributed by atoms with van der Waals surface area (Å²) in [7, 11) is 0. The average molecular weight is 275 g/mol. The first-order valence-electron chi connectivity index (χ1n) is 6.69. The summed E-state index contributed by atoms with van der Waals surface area (Å²) in [5.74, 6) is 0.459. The van der Waals surface area contributed by atoms with Gasteiger partial charge in [-0.1, -0.05) is 24.3 Å². The third-order valence-corrected chi connectivity index (χ3v) is 3.19. The molecular weight excluding hydrogens is 260 g/mol. The molecule has 21 heavy (non-hydrogen) atoms. The zero-order valence-corrected chi connectivity index (χ0v) is 11.5. The highest BCUT2D eigenvalue weighted by Gasteiger charge is 2.01. The van der Waals surface area contributed by atoms with Crippen LogP contribution in [0.1, 0.15) is 5.56 Å². The van der Waals surface area contributed by atoms with Gasteiger partial charge in [0.25, 0.3) is 0 Å². The van der Waals surface area contributed by atoms with Gasteiger partial charge in [-0.15, -0.1) is 0 Å². The minimum absolute atomic E-state index is 0.459. The van der Waals surface area contributed by atoms with Crippen LogP contribution in [-0.2, 0) is 6.54 Å². The monoisotopic (exact) mass is 275 g/mol. The van der Waals surface area contributed by atoms with Crippen molar-refractivity contribution in [3.8, 4) is 11.1 Å². The number of pyridine rings is 2. The summed E-state index contributed by atoms with van der Waals surface area (Å²) in [6.07, 6.45) is 6.35. The van der Waals surface area contributed by atoms with E-state index in [9.17, 15) is 0 Å². The van der Waals surface area contributed by atoms with Crippen LogP contribution in [0, 0.1) is 6.20 Å². The van der Waals surface area contributed by atoms with Crippen molar-refractivity contribution in [1.29, 1.82) is 0 Å². The van der Waals surface area contributed by atoms with E-state index in [1.165, 1.54) is 5.56 Å². The van der Waals surface area contributed by atoms with E-state index in [4.69, 9.17) is 5.73 Å². The van der Waals surface area contributed by atoms with E-state index < -0.39 is 0 Å². The molecular formula is C17H15N4. The lowest BCUT2D eigenvalue weighted by atomic mass is 10.0. The molecule has 0 bridgehead atoms. The molecule has 0 unspecified atom stereocenters. The SMILES string of the molecule is Nc1n[c]ccc1NCc1cccc(-c2cccnc2)c1. The van der Waals surface area contributed by atoms with E-state index >= 15 is 0 Å². The van der Waals surface area contributed by atoms with Crippen LogP contribution in [0.2, 0.25) is 0 Å². The number of rotatable bonds is 4. The van der Waals surface area contributed by atoms with Crippen LogP contribution in [0.25, 0.3) is 11.1 Å². The summed E-state index contributed by atoms with van der Waals surface area (Å²) in [4.78, 5) is 8.09. The second-order valence-corrected chi connectivity index (χ2v) is 4.67. The third-order valence-electron chi connectivity index (χ3n) is 3.19. The first kappa shape index (κ1) is 13.1. The lowest BCUT2D eigenvalue weighted by molar-refractivity contribution is 1.14. The number of anilines is 2. The molecule has 4 nitrogen and oxygen atoms in total. The summed E-state index contributed by atoms with van der Waals surface area (Å²) in [6.45, 7) is 0.685. The quantitative estimate of drug-likeness (QED) is 0.767. The number of hydrogen-bond acceptors (Lipinski definition) is 4. The van der Waals surface area contributed by atoms with Gasteiger partial charge in [0.1, 0.15) is 5.82 Å². The van der Waals surface area contributed by atoms with Crippen molar-refractivity contribution in [2.24, 2.45) is 0 Å². The summed E-state index contributed by atoms with van der Waals surface area (Å²) in [6, 6.07) is 15.9. The maximum absolute atomic E-state index is 5.79. The van der Waals surface area contributed by atoms with Gasteiger partial charge in [-0.3, -0.25) is 4.98 Å². The first-order valence-corrected chi connectivity index (χ1v) is 6.69. The highest BCUT2D eigenvalue weighted by atomic mass is 14.9. The van der Waals surface area contributed by atoms with E-state index in [1.54, 1.807) is 12.3 Å². The van der Waals surface area contributed by atoms with Crippen molar-refractivity contribution in [2.45, 2.75) is 6.54 Å². The molecule has 0 spiro atoms. The second kappa shape index (κ2) is 6.05. The Balaban J connectivity index is 1.77. The van der Waals surface area contributed by atoms with Crippen molar-refractivity contribution < 1.29 is 0 Å². The Morgan fingerprint density at radius 2 is 2.00 bits per heavy atom. The zero-order valence-electron chi connectivity index (χ0n) is 11.5. The molecule has 0 amide bonds. The van der Waals surface area contributed by atoms with Crippen LogP contribution in [-0.4, -0.2) is 9.97 Å². The molecule has 0 fully saturated rings. The van der Waals surface area contributed by atoms with Crippen molar-refractivity contribution >= 4 is 11.5 Å².